The molecule has 2 aromatic carbocycles. The van der Waals surface area contributed by atoms with Gasteiger partial charge in [-0.15, -0.1) is 10.2 Å². The number of nitrogens with one attached hydrogen (secondary N) is 2. The molecule has 0 aliphatic rings. The molecular weight excluding hydrogens is 364 g/mol. The van der Waals surface area contributed by atoms with E-state index in [4.69, 9.17) is 4.42 Å². The molecular formula is C23H26N4O2. The summed E-state index contributed by atoms with van der Waals surface area (Å²) in [6.45, 7) is 10.3. The van der Waals surface area contributed by atoms with Crippen LogP contribution in [0.25, 0.3) is 17.0 Å². The van der Waals surface area contributed by atoms with E-state index in [0.717, 1.165) is 22.3 Å². The van der Waals surface area contributed by atoms with Crippen LogP contribution in [0.15, 0.2) is 65.6 Å². The van der Waals surface area contributed by atoms with Crippen molar-refractivity contribution < 1.29 is 9.21 Å². The van der Waals surface area contributed by atoms with Gasteiger partial charge in [0.25, 0.3) is 0 Å². The van der Waals surface area contributed by atoms with Gasteiger partial charge in [-0.25, -0.2) is 4.79 Å². The fourth-order valence-corrected chi connectivity index (χ4v) is 2.91. The Morgan fingerprint density at radius 3 is 2.59 bits per heavy atom. The lowest BCUT2D eigenvalue weighted by molar-refractivity contribution is 0.230. The second-order valence-electron chi connectivity index (χ2n) is 7.48. The first-order chi connectivity index (χ1) is 13.8. The third-order valence-corrected chi connectivity index (χ3v) is 4.62. The van der Waals surface area contributed by atoms with E-state index in [-0.39, 0.29) is 6.03 Å². The van der Waals surface area contributed by atoms with Crippen molar-refractivity contribution in [2.75, 3.05) is 6.54 Å². The van der Waals surface area contributed by atoms with Crippen molar-refractivity contribution in [2.45, 2.75) is 32.7 Å². The molecule has 29 heavy (non-hydrogen) atoms. The minimum absolute atomic E-state index is 0.251. The summed E-state index contributed by atoms with van der Waals surface area (Å²) in [7, 11) is 0. The van der Waals surface area contributed by atoms with Crippen molar-refractivity contribution in [3.63, 3.8) is 0 Å². The maximum atomic E-state index is 12.4. The SMILES string of the molecule is C=C(C)c1cccc(C(C)(C)NC(=O)NCCc2nnc(-c3ccccc3)o2)c1. The average molecular weight is 390 g/mol. The lowest BCUT2D eigenvalue weighted by Gasteiger charge is -2.27. The summed E-state index contributed by atoms with van der Waals surface area (Å²) >= 11 is 0. The summed E-state index contributed by atoms with van der Waals surface area (Å²) in [6, 6.07) is 17.4. The summed E-state index contributed by atoms with van der Waals surface area (Å²) in [5, 5.41) is 14.0. The minimum Gasteiger partial charge on any atom is -0.421 e. The Bertz CT molecular complexity index is 993. The van der Waals surface area contributed by atoms with Gasteiger partial charge in [0.2, 0.25) is 11.8 Å². The van der Waals surface area contributed by atoms with Crippen LogP contribution in [0.1, 0.15) is 37.8 Å². The molecule has 2 amide bonds. The molecule has 6 nitrogen and oxygen atoms in total. The molecule has 2 N–H and O–H groups in total. The number of nitrogens with zero attached hydrogens (tertiary/aromatic N) is 2. The van der Waals surface area contributed by atoms with Crippen LogP contribution >= 0.6 is 0 Å². The Morgan fingerprint density at radius 2 is 1.86 bits per heavy atom. The van der Waals surface area contributed by atoms with E-state index in [1.807, 2.05) is 75.4 Å². The van der Waals surface area contributed by atoms with Crippen LogP contribution in [0.2, 0.25) is 0 Å². The van der Waals surface area contributed by atoms with Gasteiger partial charge < -0.3 is 15.1 Å². The van der Waals surface area contributed by atoms with Crippen molar-refractivity contribution >= 4 is 11.6 Å². The Morgan fingerprint density at radius 1 is 1.10 bits per heavy atom. The van der Waals surface area contributed by atoms with Gasteiger partial charge in [0.1, 0.15) is 0 Å². The van der Waals surface area contributed by atoms with Crippen molar-refractivity contribution in [3.8, 4) is 11.5 Å². The van der Waals surface area contributed by atoms with Gasteiger partial charge in [-0.1, -0.05) is 48.6 Å². The number of allylic oxidation sites excluding steroid dienone is 1. The van der Waals surface area contributed by atoms with Crippen LogP contribution in [0.5, 0.6) is 0 Å². The molecule has 0 fully saturated rings. The van der Waals surface area contributed by atoms with Crippen LogP contribution in [0.3, 0.4) is 0 Å². The topological polar surface area (TPSA) is 80.0 Å². The number of hydrogen-bond donors (Lipinski definition) is 2. The van der Waals surface area contributed by atoms with E-state index in [2.05, 4.69) is 27.4 Å². The summed E-state index contributed by atoms with van der Waals surface area (Å²) in [5.41, 5.74) is 3.40. The third-order valence-electron chi connectivity index (χ3n) is 4.62. The van der Waals surface area contributed by atoms with Crippen LogP contribution in [0, 0.1) is 0 Å². The number of urea groups is 1. The van der Waals surface area contributed by atoms with E-state index in [1.54, 1.807) is 0 Å². The molecule has 0 aliphatic carbocycles. The molecule has 0 radical (unpaired) electrons. The first-order valence-corrected chi connectivity index (χ1v) is 9.55. The Hall–Kier alpha value is -3.41. The Kier molecular flexibility index (Phi) is 6.12. The predicted octanol–water partition coefficient (Wildman–Crippen LogP) is 4.55. The highest BCUT2D eigenvalue weighted by Gasteiger charge is 2.23. The molecule has 0 atom stereocenters. The second-order valence-corrected chi connectivity index (χ2v) is 7.48. The lowest BCUT2D eigenvalue weighted by atomic mass is 9.92. The molecule has 0 spiro atoms. The third kappa shape index (κ3) is 5.31. The minimum atomic E-state index is -0.527. The van der Waals surface area contributed by atoms with Gasteiger partial charge in [0.15, 0.2) is 0 Å². The predicted molar refractivity (Wildman–Crippen MR) is 114 cm³/mol. The molecule has 0 saturated carbocycles. The van der Waals surface area contributed by atoms with Gasteiger partial charge >= 0.3 is 6.03 Å². The highest BCUT2D eigenvalue weighted by Crippen LogP contribution is 2.23. The van der Waals surface area contributed by atoms with Crippen LogP contribution < -0.4 is 10.6 Å². The second kappa shape index (κ2) is 8.73. The van der Waals surface area contributed by atoms with E-state index in [9.17, 15) is 4.79 Å². The van der Waals surface area contributed by atoms with Gasteiger partial charge in [-0.2, -0.15) is 0 Å². The summed E-state index contributed by atoms with van der Waals surface area (Å²) < 4.78 is 5.66. The molecule has 0 aliphatic heterocycles. The van der Waals surface area contributed by atoms with Gasteiger partial charge in [0.05, 0.1) is 5.54 Å². The zero-order valence-electron chi connectivity index (χ0n) is 17.0. The zero-order valence-corrected chi connectivity index (χ0v) is 17.0. The smallest absolute Gasteiger partial charge is 0.315 e. The van der Waals surface area contributed by atoms with Crippen LogP contribution in [-0.2, 0) is 12.0 Å². The van der Waals surface area contributed by atoms with E-state index >= 15 is 0 Å². The lowest BCUT2D eigenvalue weighted by Crippen LogP contribution is -2.46. The zero-order chi connectivity index (χ0) is 20.9. The molecule has 1 aromatic heterocycles. The van der Waals surface area contributed by atoms with Crippen molar-refractivity contribution in [2.24, 2.45) is 0 Å². The number of hydrogen-bond acceptors (Lipinski definition) is 4. The largest absolute Gasteiger partial charge is 0.421 e. The molecule has 0 unspecified atom stereocenters. The number of amides is 2. The Balaban J connectivity index is 1.53. The molecule has 0 bridgehead atoms. The van der Waals surface area contributed by atoms with Crippen molar-refractivity contribution in [3.05, 3.63) is 78.2 Å². The monoisotopic (exact) mass is 390 g/mol. The number of carbonyl (C=O) groups excluding carboxylic acids is 1. The van der Waals surface area contributed by atoms with Crippen molar-refractivity contribution in [1.82, 2.24) is 20.8 Å². The molecule has 0 saturated heterocycles. The molecule has 3 aromatic rings. The van der Waals surface area contributed by atoms with Crippen molar-refractivity contribution in [1.29, 1.82) is 0 Å². The molecule has 150 valence electrons. The fourth-order valence-electron chi connectivity index (χ4n) is 2.91. The number of carbonyl (C=O) groups is 1. The molecule has 1 heterocycles. The van der Waals surface area contributed by atoms with Gasteiger partial charge in [-0.05, 0) is 50.1 Å². The summed E-state index contributed by atoms with van der Waals surface area (Å²) in [5.74, 6) is 0.959. The maximum absolute atomic E-state index is 12.4. The highest BCUT2D eigenvalue weighted by atomic mass is 16.4. The van der Waals surface area contributed by atoms with Gasteiger partial charge in [0, 0.05) is 18.5 Å². The van der Waals surface area contributed by atoms with Crippen LogP contribution in [-0.4, -0.2) is 22.8 Å². The number of aromatic nitrogens is 2. The Labute approximate surface area is 171 Å². The first-order valence-electron chi connectivity index (χ1n) is 9.55. The molecule has 3 rings (SSSR count). The van der Waals surface area contributed by atoms with Gasteiger partial charge in [-0.3, -0.25) is 0 Å². The van der Waals surface area contributed by atoms with Crippen LogP contribution in [0.4, 0.5) is 4.79 Å². The fraction of sp³-hybridized carbons (Fsp3) is 0.261. The first kappa shape index (κ1) is 20.3. The summed E-state index contributed by atoms with van der Waals surface area (Å²) in [4.78, 5) is 12.4. The number of rotatable bonds is 7. The highest BCUT2D eigenvalue weighted by molar-refractivity contribution is 5.75. The normalized spacial score (nSPS) is 11.1. The average Bonchev–Trinajstić information content (AvgIpc) is 3.17. The summed E-state index contributed by atoms with van der Waals surface area (Å²) in [6.07, 6.45) is 0.457. The molecule has 6 heteroatoms. The maximum Gasteiger partial charge on any atom is 0.315 e. The van der Waals surface area contributed by atoms with E-state index in [0.29, 0.717) is 24.7 Å². The van der Waals surface area contributed by atoms with E-state index < -0.39 is 5.54 Å². The quantitative estimate of drug-likeness (QED) is 0.620. The standard InChI is InChI=1S/C23H26N4O2/c1-16(2)18-11-8-12-19(15-18)23(3,4)25-22(28)24-14-13-20-26-27-21(29-20)17-9-6-5-7-10-17/h5-12,15H,1,13-14H2,2-4H3,(H2,24,25,28). The van der Waals surface area contributed by atoms with E-state index in [1.165, 1.54) is 0 Å². The number of benzene rings is 2.